The molecular formula is C21H26N4S. The van der Waals surface area contributed by atoms with Crippen LogP contribution in [0.25, 0.3) is 0 Å². The SMILES string of the molecule is Cc1ccc(NC(=S)Nc2ccn(C34CC5CC(CC(C5)C3)C4)n2)cc1. The first-order valence-corrected chi connectivity index (χ1v) is 10.2. The fourth-order valence-corrected chi connectivity index (χ4v) is 6.14. The molecule has 0 spiro atoms. The van der Waals surface area contributed by atoms with Crippen LogP contribution in [0.1, 0.15) is 44.1 Å². The summed E-state index contributed by atoms with van der Waals surface area (Å²) in [6, 6.07) is 10.3. The Hall–Kier alpha value is -1.88. The average molecular weight is 367 g/mol. The molecule has 4 saturated carbocycles. The second-order valence-corrected chi connectivity index (χ2v) is 9.14. The first-order valence-electron chi connectivity index (χ1n) is 9.79. The highest BCUT2D eigenvalue weighted by molar-refractivity contribution is 7.80. The molecule has 0 radical (unpaired) electrons. The van der Waals surface area contributed by atoms with Gasteiger partial charge in [0.25, 0.3) is 0 Å². The van der Waals surface area contributed by atoms with Gasteiger partial charge < -0.3 is 10.6 Å². The number of nitrogens with zero attached hydrogens (tertiary/aromatic N) is 2. The van der Waals surface area contributed by atoms with Crippen LogP contribution in [0.4, 0.5) is 11.5 Å². The fourth-order valence-electron chi connectivity index (χ4n) is 5.92. The predicted octanol–water partition coefficient (Wildman–Crippen LogP) is 4.93. The first-order chi connectivity index (χ1) is 12.6. The molecule has 6 rings (SSSR count). The van der Waals surface area contributed by atoms with Gasteiger partial charge in [-0.1, -0.05) is 17.7 Å². The smallest absolute Gasteiger partial charge is 0.176 e. The molecule has 4 aliphatic rings. The lowest BCUT2D eigenvalue weighted by Crippen LogP contribution is -2.52. The van der Waals surface area contributed by atoms with E-state index in [0.29, 0.717) is 5.11 Å². The minimum Gasteiger partial charge on any atom is -0.332 e. The molecule has 4 aliphatic carbocycles. The second-order valence-electron chi connectivity index (χ2n) is 8.73. The summed E-state index contributed by atoms with van der Waals surface area (Å²) in [7, 11) is 0. The average Bonchev–Trinajstić information content (AvgIpc) is 3.05. The highest BCUT2D eigenvalue weighted by atomic mass is 32.1. The van der Waals surface area contributed by atoms with Gasteiger partial charge in [-0.3, -0.25) is 4.68 Å². The van der Waals surface area contributed by atoms with Gasteiger partial charge in [0, 0.05) is 18.0 Å². The van der Waals surface area contributed by atoms with Crippen LogP contribution in [0.5, 0.6) is 0 Å². The molecule has 4 fully saturated rings. The van der Waals surface area contributed by atoms with E-state index in [1.807, 2.05) is 12.1 Å². The monoisotopic (exact) mass is 366 g/mol. The van der Waals surface area contributed by atoms with E-state index in [9.17, 15) is 0 Å². The Bertz CT molecular complexity index is 788. The van der Waals surface area contributed by atoms with E-state index in [1.165, 1.54) is 44.1 Å². The van der Waals surface area contributed by atoms with Gasteiger partial charge in [0.1, 0.15) is 0 Å². The Morgan fingerprint density at radius 2 is 1.62 bits per heavy atom. The maximum Gasteiger partial charge on any atom is 0.176 e. The van der Waals surface area contributed by atoms with Crippen molar-refractivity contribution in [1.29, 1.82) is 0 Å². The number of thiocarbonyl (C=S) groups is 1. The van der Waals surface area contributed by atoms with Gasteiger partial charge in [-0.05, 0) is 87.6 Å². The number of aryl methyl sites for hydroxylation is 1. The molecule has 5 heteroatoms. The Morgan fingerprint density at radius 1 is 1.00 bits per heavy atom. The summed E-state index contributed by atoms with van der Waals surface area (Å²) in [6.45, 7) is 2.08. The molecule has 0 amide bonds. The third kappa shape index (κ3) is 2.92. The Balaban J connectivity index is 1.28. The van der Waals surface area contributed by atoms with Crippen molar-refractivity contribution < 1.29 is 0 Å². The fraction of sp³-hybridized carbons (Fsp3) is 0.524. The van der Waals surface area contributed by atoms with Crippen molar-refractivity contribution in [2.75, 3.05) is 10.6 Å². The maximum atomic E-state index is 5.46. The van der Waals surface area contributed by atoms with Gasteiger partial charge in [0.05, 0.1) is 5.54 Å². The molecule has 2 aromatic rings. The highest BCUT2D eigenvalue weighted by Gasteiger charge is 2.52. The van der Waals surface area contributed by atoms with Crippen LogP contribution in [0.3, 0.4) is 0 Å². The van der Waals surface area contributed by atoms with E-state index >= 15 is 0 Å². The molecule has 26 heavy (non-hydrogen) atoms. The summed E-state index contributed by atoms with van der Waals surface area (Å²) in [4.78, 5) is 0. The number of benzene rings is 1. The Morgan fingerprint density at radius 3 is 2.23 bits per heavy atom. The van der Waals surface area contributed by atoms with Gasteiger partial charge in [-0.25, -0.2) is 0 Å². The van der Waals surface area contributed by atoms with Crippen LogP contribution in [0, 0.1) is 24.7 Å². The lowest BCUT2D eigenvalue weighted by atomic mass is 9.53. The van der Waals surface area contributed by atoms with Crippen molar-refractivity contribution in [3.63, 3.8) is 0 Å². The van der Waals surface area contributed by atoms with E-state index in [0.717, 1.165) is 29.3 Å². The van der Waals surface area contributed by atoms with Crippen molar-refractivity contribution in [2.24, 2.45) is 17.8 Å². The quantitative estimate of drug-likeness (QED) is 0.756. The highest BCUT2D eigenvalue weighted by Crippen LogP contribution is 2.58. The summed E-state index contributed by atoms with van der Waals surface area (Å²) in [5, 5.41) is 11.9. The summed E-state index contributed by atoms with van der Waals surface area (Å²) in [5.41, 5.74) is 2.50. The molecule has 0 aliphatic heterocycles. The lowest BCUT2D eigenvalue weighted by molar-refractivity contribution is -0.0492. The molecule has 1 heterocycles. The number of rotatable bonds is 3. The number of hydrogen-bond acceptors (Lipinski definition) is 2. The second kappa shape index (κ2) is 6.08. The topological polar surface area (TPSA) is 41.9 Å². The molecule has 1 aromatic carbocycles. The molecule has 0 atom stereocenters. The zero-order chi connectivity index (χ0) is 17.7. The van der Waals surface area contributed by atoms with Gasteiger partial charge >= 0.3 is 0 Å². The molecular weight excluding hydrogens is 340 g/mol. The molecule has 0 saturated heterocycles. The van der Waals surface area contributed by atoms with Crippen molar-refractivity contribution in [3.05, 3.63) is 42.1 Å². The van der Waals surface area contributed by atoms with E-state index in [4.69, 9.17) is 17.3 Å². The standard InChI is InChI=1S/C21H26N4S/c1-14-2-4-18(5-3-14)22-20(26)23-19-6-7-25(24-19)21-11-15-8-16(12-21)10-17(9-15)13-21/h2-7,15-17H,8-13H2,1H3,(H2,22,23,24,26). The molecule has 4 bridgehead atoms. The van der Waals surface area contributed by atoms with Crippen LogP contribution in [-0.4, -0.2) is 14.9 Å². The minimum atomic E-state index is 0.265. The van der Waals surface area contributed by atoms with Crippen LogP contribution < -0.4 is 10.6 Å². The summed E-state index contributed by atoms with van der Waals surface area (Å²) < 4.78 is 2.26. The number of aromatic nitrogens is 2. The van der Waals surface area contributed by atoms with Crippen molar-refractivity contribution in [1.82, 2.24) is 9.78 Å². The number of nitrogens with one attached hydrogen (secondary N) is 2. The summed E-state index contributed by atoms with van der Waals surface area (Å²) in [5.74, 6) is 3.61. The zero-order valence-corrected chi connectivity index (χ0v) is 16.1. The van der Waals surface area contributed by atoms with Gasteiger partial charge in [0.2, 0.25) is 0 Å². The molecule has 136 valence electrons. The third-order valence-corrected chi connectivity index (χ3v) is 6.84. The molecule has 0 unspecified atom stereocenters. The van der Waals surface area contributed by atoms with E-state index in [-0.39, 0.29) is 5.54 Å². The number of anilines is 2. The maximum absolute atomic E-state index is 5.46. The van der Waals surface area contributed by atoms with Crippen LogP contribution in [0.15, 0.2) is 36.5 Å². The zero-order valence-electron chi connectivity index (χ0n) is 15.2. The van der Waals surface area contributed by atoms with Crippen molar-refractivity contribution >= 4 is 28.8 Å². The normalized spacial score (nSPS) is 31.8. The van der Waals surface area contributed by atoms with Crippen LogP contribution >= 0.6 is 12.2 Å². The van der Waals surface area contributed by atoms with Gasteiger partial charge in [-0.2, -0.15) is 5.10 Å². The van der Waals surface area contributed by atoms with E-state index in [2.05, 4.69) is 46.6 Å². The van der Waals surface area contributed by atoms with Crippen molar-refractivity contribution in [3.8, 4) is 0 Å². The van der Waals surface area contributed by atoms with Crippen LogP contribution in [0.2, 0.25) is 0 Å². The third-order valence-electron chi connectivity index (χ3n) is 6.63. The summed E-state index contributed by atoms with van der Waals surface area (Å²) in [6.07, 6.45) is 10.5. The lowest BCUT2D eigenvalue weighted by Gasteiger charge is -2.56. The largest absolute Gasteiger partial charge is 0.332 e. The number of hydrogen-bond donors (Lipinski definition) is 2. The van der Waals surface area contributed by atoms with Gasteiger partial charge in [0.15, 0.2) is 10.9 Å². The Kier molecular flexibility index (Phi) is 3.82. The Labute approximate surface area is 160 Å². The van der Waals surface area contributed by atoms with E-state index in [1.54, 1.807) is 0 Å². The minimum absolute atomic E-state index is 0.265. The predicted molar refractivity (Wildman–Crippen MR) is 109 cm³/mol. The van der Waals surface area contributed by atoms with E-state index < -0.39 is 0 Å². The molecule has 1 aromatic heterocycles. The first kappa shape index (κ1) is 16.3. The van der Waals surface area contributed by atoms with Crippen molar-refractivity contribution in [2.45, 2.75) is 51.0 Å². The summed E-state index contributed by atoms with van der Waals surface area (Å²) >= 11 is 5.46. The van der Waals surface area contributed by atoms with Gasteiger partial charge in [-0.15, -0.1) is 0 Å². The molecule has 2 N–H and O–H groups in total. The molecule has 4 nitrogen and oxygen atoms in total. The van der Waals surface area contributed by atoms with Crippen LogP contribution in [-0.2, 0) is 5.54 Å².